The van der Waals surface area contributed by atoms with Gasteiger partial charge in [-0.2, -0.15) is 5.26 Å². The van der Waals surface area contributed by atoms with Crippen molar-refractivity contribution in [3.63, 3.8) is 0 Å². The van der Waals surface area contributed by atoms with Gasteiger partial charge in [-0.25, -0.2) is 4.39 Å². The fraction of sp³-hybridized carbons (Fsp3) is 0.467. The van der Waals surface area contributed by atoms with Crippen LogP contribution < -0.4 is 5.32 Å². The van der Waals surface area contributed by atoms with Crippen LogP contribution >= 0.6 is 0 Å². The maximum absolute atomic E-state index is 13.0. The Kier molecular flexibility index (Phi) is 3.84. The number of carbonyl (C=O) groups is 1. The fourth-order valence-electron chi connectivity index (χ4n) is 2.16. The highest BCUT2D eigenvalue weighted by atomic mass is 19.1. The molecule has 0 radical (unpaired) electrons. The molecule has 0 spiro atoms. The highest BCUT2D eigenvalue weighted by molar-refractivity contribution is 5.78. The molecule has 2 rings (SSSR count). The quantitative estimate of drug-likeness (QED) is 0.884. The predicted octanol–water partition coefficient (Wildman–Crippen LogP) is 2.57. The van der Waals surface area contributed by atoms with E-state index in [4.69, 9.17) is 5.26 Å². The molecule has 1 aliphatic carbocycles. The normalized spacial score (nSPS) is 17.3. The number of benzene rings is 1. The van der Waals surface area contributed by atoms with E-state index in [1.54, 1.807) is 6.07 Å². The van der Waals surface area contributed by atoms with Gasteiger partial charge in [0, 0.05) is 6.42 Å². The summed E-state index contributed by atoms with van der Waals surface area (Å²) in [6.45, 7) is 1.95. The molecule has 4 heteroatoms. The molecule has 1 atom stereocenters. The Balaban J connectivity index is 1.83. The lowest BCUT2D eigenvalue weighted by Gasteiger charge is -2.13. The van der Waals surface area contributed by atoms with Crippen molar-refractivity contribution in [2.45, 2.75) is 38.1 Å². The lowest BCUT2D eigenvalue weighted by atomic mass is 9.97. The van der Waals surface area contributed by atoms with Crippen molar-refractivity contribution < 1.29 is 9.18 Å². The molecule has 19 heavy (non-hydrogen) atoms. The van der Waals surface area contributed by atoms with E-state index in [2.05, 4.69) is 11.4 Å². The van der Waals surface area contributed by atoms with Crippen LogP contribution in [0.15, 0.2) is 24.3 Å². The summed E-state index contributed by atoms with van der Waals surface area (Å²) in [5.41, 5.74) is 0.289. The van der Waals surface area contributed by atoms with Crippen LogP contribution in [0.5, 0.6) is 0 Å². The molecule has 0 aliphatic heterocycles. The number of rotatable bonds is 5. The smallest absolute Gasteiger partial charge is 0.221 e. The minimum Gasteiger partial charge on any atom is -0.338 e. The van der Waals surface area contributed by atoms with Gasteiger partial charge in [0.05, 0.1) is 6.07 Å². The Labute approximate surface area is 112 Å². The number of nitriles is 1. The lowest BCUT2D eigenvalue weighted by Crippen LogP contribution is -2.36. The molecule has 0 aromatic heterocycles. The van der Waals surface area contributed by atoms with E-state index in [1.807, 2.05) is 13.0 Å². The van der Waals surface area contributed by atoms with Crippen LogP contribution in [-0.4, -0.2) is 11.4 Å². The van der Waals surface area contributed by atoms with Gasteiger partial charge in [0.15, 0.2) is 0 Å². The Morgan fingerprint density at radius 3 is 2.89 bits per heavy atom. The van der Waals surface area contributed by atoms with E-state index < -0.39 is 5.54 Å². The molecule has 1 aromatic rings. The SMILES string of the molecule is C[C@@H](CC(=O)NC1(C#N)CC1)Cc1cccc(F)c1. The maximum Gasteiger partial charge on any atom is 0.221 e. The van der Waals surface area contributed by atoms with E-state index in [1.165, 1.54) is 12.1 Å². The molecule has 1 aromatic carbocycles. The van der Waals surface area contributed by atoms with Crippen LogP contribution in [0.25, 0.3) is 0 Å². The highest BCUT2D eigenvalue weighted by Gasteiger charge is 2.44. The summed E-state index contributed by atoms with van der Waals surface area (Å²) < 4.78 is 13.0. The zero-order chi connectivity index (χ0) is 13.9. The van der Waals surface area contributed by atoms with Gasteiger partial charge < -0.3 is 5.32 Å². The Morgan fingerprint density at radius 1 is 1.58 bits per heavy atom. The van der Waals surface area contributed by atoms with Crippen LogP contribution in [0.4, 0.5) is 4.39 Å². The Hall–Kier alpha value is -1.89. The summed E-state index contributed by atoms with van der Waals surface area (Å²) in [6, 6.07) is 8.56. The van der Waals surface area contributed by atoms with Crippen molar-refractivity contribution in [2.75, 3.05) is 0 Å². The van der Waals surface area contributed by atoms with Crippen LogP contribution in [0, 0.1) is 23.1 Å². The number of hydrogen-bond acceptors (Lipinski definition) is 2. The monoisotopic (exact) mass is 260 g/mol. The minimum absolute atomic E-state index is 0.0945. The van der Waals surface area contributed by atoms with E-state index in [9.17, 15) is 9.18 Å². The summed E-state index contributed by atoms with van der Waals surface area (Å²) in [7, 11) is 0. The molecular formula is C15H17FN2O. The molecule has 1 saturated carbocycles. The van der Waals surface area contributed by atoms with Crippen molar-refractivity contribution in [1.29, 1.82) is 5.26 Å². The van der Waals surface area contributed by atoms with E-state index in [-0.39, 0.29) is 17.6 Å². The van der Waals surface area contributed by atoms with Crippen molar-refractivity contribution in [3.05, 3.63) is 35.6 Å². The summed E-state index contributed by atoms with van der Waals surface area (Å²) in [4.78, 5) is 11.8. The molecule has 0 unspecified atom stereocenters. The second kappa shape index (κ2) is 5.40. The minimum atomic E-state index is -0.602. The molecule has 3 nitrogen and oxygen atoms in total. The zero-order valence-corrected chi connectivity index (χ0v) is 10.9. The van der Waals surface area contributed by atoms with E-state index in [0.717, 1.165) is 18.4 Å². The number of hydrogen-bond donors (Lipinski definition) is 1. The van der Waals surface area contributed by atoms with Crippen molar-refractivity contribution >= 4 is 5.91 Å². The third-order valence-electron chi connectivity index (χ3n) is 3.35. The third-order valence-corrected chi connectivity index (χ3v) is 3.35. The van der Waals surface area contributed by atoms with Crippen LogP contribution in [-0.2, 0) is 11.2 Å². The van der Waals surface area contributed by atoms with Gasteiger partial charge in [-0.15, -0.1) is 0 Å². The molecule has 0 bridgehead atoms. The van der Waals surface area contributed by atoms with Gasteiger partial charge in [-0.1, -0.05) is 19.1 Å². The molecule has 0 heterocycles. The molecule has 100 valence electrons. The average molecular weight is 260 g/mol. The zero-order valence-electron chi connectivity index (χ0n) is 10.9. The maximum atomic E-state index is 13.0. The number of nitrogens with one attached hydrogen (secondary N) is 1. The van der Waals surface area contributed by atoms with Gasteiger partial charge in [-0.3, -0.25) is 4.79 Å². The second-order valence-corrected chi connectivity index (χ2v) is 5.39. The lowest BCUT2D eigenvalue weighted by molar-refractivity contribution is -0.122. The largest absolute Gasteiger partial charge is 0.338 e. The van der Waals surface area contributed by atoms with Crippen molar-refractivity contribution in [1.82, 2.24) is 5.32 Å². The van der Waals surface area contributed by atoms with Crippen molar-refractivity contribution in [2.24, 2.45) is 5.92 Å². The number of halogens is 1. The van der Waals surface area contributed by atoms with Crippen LogP contribution in [0.2, 0.25) is 0 Å². The first kappa shape index (κ1) is 13.5. The average Bonchev–Trinajstić information content (AvgIpc) is 3.09. The first-order chi connectivity index (χ1) is 9.03. The number of amides is 1. The Morgan fingerprint density at radius 2 is 2.32 bits per heavy atom. The predicted molar refractivity (Wildman–Crippen MR) is 69.6 cm³/mol. The molecule has 1 fully saturated rings. The number of carbonyl (C=O) groups excluding carboxylic acids is 1. The summed E-state index contributed by atoms with van der Waals surface area (Å²) in [5, 5.41) is 11.7. The molecular weight excluding hydrogens is 243 g/mol. The molecule has 0 saturated heterocycles. The van der Waals surface area contributed by atoms with E-state index in [0.29, 0.717) is 12.8 Å². The standard InChI is InChI=1S/C15H17FN2O/c1-11(7-12-3-2-4-13(16)9-12)8-14(19)18-15(10-17)5-6-15/h2-4,9,11H,5-8H2,1H3,(H,18,19)/t11-/m1/s1. The van der Waals surface area contributed by atoms with Crippen molar-refractivity contribution in [3.8, 4) is 6.07 Å². The molecule has 1 aliphatic rings. The first-order valence-corrected chi connectivity index (χ1v) is 6.50. The first-order valence-electron chi connectivity index (χ1n) is 6.50. The van der Waals surface area contributed by atoms with Gasteiger partial charge in [0.1, 0.15) is 11.4 Å². The highest BCUT2D eigenvalue weighted by Crippen LogP contribution is 2.34. The van der Waals surface area contributed by atoms with Crippen LogP contribution in [0.3, 0.4) is 0 Å². The molecule has 1 N–H and O–H groups in total. The topological polar surface area (TPSA) is 52.9 Å². The van der Waals surface area contributed by atoms with E-state index >= 15 is 0 Å². The third kappa shape index (κ3) is 3.78. The van der Waals surface area contributed by atoms with Gasteiger partial charge in [0.25, 0.3) is 0 Å². The summed E-state index contributed by atoms with van der Waals surface area (Å²) in [5.74, 6) is -0.227. The second-order valence-electron chi connectivity index (χ2n) is 5.39. The Bertz CT molecular complexity index is 517. The van der Waals surface area contributed by atoms with Gasteiger partial charge in [-0.05, 0) is 42.9 Å². The fourth-order valence-corrected chi connectivity index (χ4v) is 2.16. The van der Waals surface area contributed by atoms with Crippen LogP contribution in [0.1, 0.15) is 31.7 Å². The summed E-state index contributed by atoms with van der Waals surface area (Å²) in [6.07, 6.45) is 2.51. The number of nitrogens with zero attached hydrogens (tertiary/aromatic N) is 1. The van der Waals surface area contributed by atoms with Gasteiger partial charge in [0.2, 0.25) is 5.91 Å². The van der Waals surface area contributed by atoms with Gasteiger partial charge >= 0.3 is 0 Å². The summed E-state index contributed by atoms with van der Waals surface area (Å²) >= 11 is 0. The molecule has 1 amide bonds.